The summed E-state index contributed by atoms with van der Waals surface area (Å²) in [5, 5.41) is 2.81. The molecule has 5 heteroatoms. The second kappa shape index (κ2) is 33.4. The zero-order valence-corrected chi connectivity index (χ0v) is 26.7. The van der Waals surface area contributed by atoms with Crippen molar-refractivity contribution in [2.45, 2.75) is 181 Å². The number of carbonyl (C=O) groups excluding carboxylic acids is 1. The summed E-state index contributed by atoms with van der Waals surface area (Å²) in [6.45, 7) is 9.23. The van der Waals surface area contributed by atoms with Crippen molar-refractivity contribution in [3.63, 3.8) is 0 Å². The molecule has 0 fully saturated rings. The van der Waals surface area contributed by atoms with Crippen LogP contribution < -0.4 is 5.32 Å². The normalized spacial score (nSPS) is 12.1. The number of nitrogens with one attached hydrogen (secondary N) is 1. The van der Waals surface area contributed by atoms with Gasteiger partial charge in [-0.3, -0.25) is 0 Å². The Bertz CT molecular complexity index is 474. The Labute approximate surface area is 244 Å². The standard InChI is InChI=1S/C34H69NO4/c1-4-7-9-11-13-15-17-19-21-23-25-27-29-37-32-33(31-35-34(36)38-6-3)39-30-28-26-24-22-20-18-16-14-12-10-8-5-2/h33H,4-32H2,1-3H3,(H,35,36). The number of carbonyl (C=O) groups is 1. The summed E-state index contributed by atoms with van der Waals surface area (Å²) in [5.41, 5.74) is 0. The first-order chi connectivity index (χ1) is 19.2. The van der Waals surface area contributed by atoms with Gasteiger partial charge in [-0.15, -0.1) is 0 Å². The van der Waals surface area contributed by atoms with Crippen LogP contribution in [-0.2, 0) is 14.2 Å². The monoisotopic (exact) mass is 556 g/mol. The van der Waals surface area contributed by atoms with Crippen LogP contribution in [-0.4, -0.2) is 45.2 Å². The molecule has 0 aliphatic carbocycles. The molecule has 0 rings (SSSR count). The SMILES string of the molecule is CCCCCCCCCCCCCCOCC(CNC(=O)OCC)OCCCCCCCCCCCCCC. The van der Waals surface area contributed by atoms with E-state index < -0.39 is 0 Å². The van der Waals surface area contributed by atoms with Crippen molar-refractivity contribution in [2.24, 2.45) is 0 Å². The molecule has 0 aromatic carbocycles. The van der Waals surface area contributed by atoms with Gasteiger partial charge < -0.3 is 19.5 Å². The highest BCUT2D eigenvalue weighted by Gasteiger charge is 2.12. The summed E-state index contributed by atoms with van der Waals surface area (Å²) >= 11 is 0. The first kappa shape index (κ1) is 38.2. The topological polar surface area (TPSA) is 56.8 Å². The molecule has 0 saturated carbocycles. The average molecular weight is 556 g/mol. The molecule has 0 saturated heterocycles. The molecule has 0 aliphatic heterocycles. The maximum absolute atomic E-state index is 11.7. The lowest BCUT2D eigenvalue weighted by atomic mass is 10.1. The van der Waals surface area contributed by atoms with Crippen molar-refractivity contribution < 1.29 is 19.0 Å². The molecule has 5 nitrogen and oxygen atoms in total. The number of rotatable bonds is 32. The predicted octanol–water partition coefficient (Wildman–Crippen LogP) is 10.5. The van der Waals surface area contributed by atoms with Gasteiger partial charge in [-0.2, -0.15) is 0 Å². The molecule has 0 aromatic rings. The lowest BCUT2D eigenvalue weighted by Gasteiger charge is -2.19. The molecule has 0 heterocycles. The molecule has 1 amide bonds. The van der Waals surface area contributed by atoms with Crippen LogP contribution in [0, 0.1) is 0 Å². The summed E-state index contributed by atoms with van der Waals surface area (Å²) in [5.74, 6) is 0. The van der Waals surface area contributed by atoms with Crippen LogP contribution in [0.3, 0.4) is 0 Å². The molecule has 39 heavy (non-hydrogen) atoms. The third-order valence-electron chi connectivity index (χ3n) is 7.55. The first-order valence-electron chi connectivity index (χ1n) is 17.3. The van der Waals surface area contributed by atoms with E-state index in [1.165, 1.54) is 141 Å². The van der Waals surface area contributed by atoms with Crippen molar-refractivity contribution in [3.8, 4) is 0 Å². The molecule has 0 spiro atoms. The van der Waals surface area contributed by atoms with E-state index in [1.54, 1.807) is 0 Å². The van der Waals surface area contributed by atoms with Crippen LogP contribution >= 0.6 is 0 Å². The second-order valence-electron chi connectivity index (χ2n) is 11.4. The number of amides is 1. The smallest absolute Gasteiger partial charge is 0.407 e. The molecule has 0 bridgehead atoms. The fourth-order valence-electron chi connectivity index (χ4n) is 5.00. The Kier molecular flexibility index (Phi) is 32.7. The predicted molar refractivity (Wildman–Crippen MR) is 168 cm³/mol. The van der Waals surface area contributed by atoms with Gasteiger partial charge in [-0.25, -0.2) is 4.79 Å². The highest BCUT2D eigenvalue weighted by atomic mass is 16.6. The third-order valence-corrected chi connectivity index (χ3v) is 7.55. The summed E-state index contributed by atoms with van der Waals surface area (Å²) in [7, 11) is 0. The van der Waals surface area contributed by atoms with E-state index in [4.69, 9.17) is 14.2 Å². The van der Waals surface area contributed by atoms with Crippen LogP contribution in [0.1, 0.15) is 175 Å². The van der Waals surface area contributed by atoms with Crippen LogP contribution in [0.15, 0.2) is 0 Å². The minimum absolute atomic E-state index is 0.112. The van der Waals surface area contributed by atoms with Crippen LogP contribution in [0.4, 0.5) is 4.79 Å². The fourth-order valence-corrected chi connectivity index (χ4v) is 5.00. The lowest BCUT2D eigenvalue weighted by molar-refractivity contribution is -0.0174. The summed E-state index contributed by atoms with van der Waals surface area (Å²) in [4.78, 5) is 11.7. The van der Waals surface area contributed by atoms with E-state index >= 15 is 0 Å². The van der Waals surface area contributed by atoms with Crippen molar-refractivity contribution in [3.05, 3.63) is 0 Å². The molecular weight excluding hydrogens is 486 g/mol. The molecule has 234 valence electrons. The van der Waals surface area contributed by atoms with Gasteiger partial charge in [-0.05, 0) is 19.8 Å². The van der Waals surface area contributed by atoms with Gasteiger partial charge in [0.2, 0.25) is 0 Å². The molecule has 0 aromatic heterocycles. The lowest BCUT2D eigenvalue weighted by Crippen LogP contribution is -2.37. The average Bonchev–Trinajstić information content (AvgIpc) is 2.94. The van der Waals surface area contributed by atoms with Gasteiger partial charge in [0.1, 0.15) is 0 Å². The van der Waals surface area contributed by atoms with Crippen molar-refractivity contribution in [2.75, 3.05) is 33.0 Å². The zero-order chi connectivity index (χ0) is 28.5. The maximum Gasteiger partial charge on any atom is 0.407 e. The zero-order valence-electron chi connectivity index (χ0n) is 26.7. The van der Waals surface area contributed by atoms with Gasteiger partial charge in [0, 0.05) is 19.8 Å². The van der Waals surface area contributed by atoms with Crippen LogP contribution in [0.5, 0.6) is 0 Å². The largest absolute Gasteiger partial charge is 0.450 e. The number of ether oxygens (including phenoxy) is 3. The van der Waals surface area contributed by atoms with Gasteiger partial charge >= 0.3 is 6.09 Å². The molecular formula is C34H69NO4. The fraction of sp³-hybridized carbons (Fsp3) is 0.971. The Morgan fingerprint density at radius 2 is 0.923 bits per heavy atom. The molecule has 0 aliphatic rings. The van der Waals surface area contributed by atoms with E-state index in [-0.39, 0.29) is 12.2 Å². The Morgan fingerprint density at radius 1 is 0.538 bits per heavy atom. The van der Waals surface area contributed by atoms with Crippen molar-refractivity contribution >= 4 is 6.09 Å². The second-order valence-corrected chi connectivity index (χ2v) is 11.4. The van der Waals surface area contributed by atoms with E-state index in [9.17, 15) is 4.79 Å². The molecule has 1 atom stereocenters. The van der Waals surface area contributed by atoms with E-state index in [0.29, 0.717) is 19.8 Å². The highest BCUT2D eigenvalue weighted by molar-refractivity contribution is 5.67. The van der Waals surface area contributed by atoms with Crippen molar-refractivity contribution in [1.82, 2.24) is 5.32 Å². The molecule has 1 unspecified atom stereocenters. The minimum atomic E-state index is -0.377. The molecule has 1 N–H and O–H groups in total. The Morgan fingerprint density at radius 3 is 1.33 bits per heavy atom. The number of unbranched alkanes of at least 4 members (excludes halogenated alkanes) is 22. The van der Waals surface area contributed by atoms with Gasteiger partial charge in [0.15, 0.2) is 0 Å². The van der Waals surface area contributed by atoms with Crippen LogP contribution in [0.25, 0.3) is 0 Å². The van der Waals surface area contributed by atoms with Gasteiger partial charge in [-0.1, -0.05) is 155 Å². The Balaban J connectivity index is 3.75. The summed E-state index contributed by atoms with van der Waals surface area (Å²) in [6.07, 6.45) is 31.7. The first-order valence-corrected chi connectivity index (χ1v) is 17.3. The van der Waals surface area contributed by atoms with Crippen molar-refractivity contribution in [1.29, 1.82) is 0 Å². The number of hydrogen-bond donors (Lipinski definition) is 1. The quantitative estimate of drug-likeness (QED) is 0.0839. The summed E-state index contributed by atoms with van der Waals surface area (Å²) < 4.78 is 17.0. The van der Waals surface area contributed by atoms with E-state index in [2.05, 4.69) is 19.2 Å². The summed E-state index contributed by atoms with van der Waals surface area (Å²) in [6, 6.07) is 0. The molecule has 0 radical (unpaired) electrons. The highest BCUT2D eigenvalue weighted by Crippen LogP contribution is 2.13. The van der Waals surface area contributed by atoms with E-state index in [0.717, 1.165) is 26.1 Å². The number of hydrogen-bond acceptors (Lipinski definition) is 4. The van der Waals surface area contributed by atoms with Gasteiger partial charge in [0.05, 0.1) is 19.3 Å². The van der Waals surface area contributed by atoms with Gasteiger partial charge in [0.25, 0.3) is 0 Å². The van der Waals surface area contributed by atoms with Crippen LogP contribution in [0.2, 0.25) is 0 Å². The van der Waals surface area contributed by atoms with E-state index in [1.807, 2.05) is 6.92 Å². The Hall–Kier alpha value is -0.810. The maximum atomic E-state index is 11.7. The third kappa shape index (κ3) is 31.6. The number of alkyl carbamates (subject to hydrolysis) is 1. The minimum Gasteiger partial charge on any atom is -0.450 e.